The van der Waals surface area contributed by atoms with Crippen LogP contribution >= 0.6 is 0 Å². The Bertz CT molecular complexity index is 727. The van der Waals surface area contributed by atoms with Crippen LogP contribution in [-0.4, -0.2) is 57.2 Å². The third-order valence-electron chi connectivity index (χ3n) is 3.35. The van der Waals surface area contributed by atoms with Crippen molar-refractivity contribution < 1.29 is 27.9 Å². The lowest BCUT2D eigenvalue weighted by Crippen LogP contribution is -2.43. The molecule has 0 radical (unpaired) electrons. The monoisotopic (exact) mass is 329 g/mol. The van der Waals surface area contributed by atoms with Gasteiger partial charge in [0.15, 0.2) is 6.10 Å². The van der Waals surface area contributed by atoms with Crippen LogP contribution in [0.2, 0.25) is 0 Å². The SMILES string of the molecule is CCN(C[C@H](O)C(F)(F)F)C(=O)c1cnn2ccc(C=O)cc12. The van der Waals surface area contributed by atoms with E-state index in [0.717, 1.165) is 4.90 Å². The summed E-state index contributed by atoms with van der Waals surface area (Å²) in [5.41, 5.74) is 0.676. The summed E-state index contributed by atoms with van der Waals surface area (Å²) in [6, 6.07) is 2.91. The Morgan fingerprint density at radius 2 is 2.22 bits per heavy atom. The molecule has 1 amide bonds. The van der Waals surface area contributed by atoms with Gasteiger partial charge in [0.25, 0.3) is 5.91 Å². The summed E-state index contributed by atoms with van der Waals surface area (Å²) >= 11 is 0. The highest BCUT2D eigenvalue weighted by Gasteiger charge is 2.40. The molecule has 6 nitrogen and oxygen atoms in total. The predicted octanol–water partition coefficient (Wildman–Crippen LogP) is 1.53. The van der Waals surface area contributed by atoms with E-state index in [1.54, 1.807) is 0 Å². The first kappa shape index (κ1) is 16.9. The molecule has 1 N–H and O–H groups in total. The molecule has 0 unspecified atom stereocenters. The van der Waals surface area contributed by atoms with E-state index in [-0.39, 0.29) is 12.1 Å². The van der Waals surface area contributed by atoms with Crippen LogP contribution in [0.4, 0.5) is 13.2 Å². The van der Waals surface area contributed by atoms with Gasteiger partial charge in [0.1, 0.15) is 6.29 Å². The second-order valence-corrected chi connectivity index (χ2v) is 4.87. The average molecular weight is 329 g/mol. The molecule has 0 aromatic carbocycles. The highest BCUT2D eigenvalue weighted by Crippen LogP contribution is 2.22. The summed E-state index contributed by atoms with van der Waals surface area (Å²) in [4.78, 5) is 24.1. The molecule has 2 heterocycles. The van der Waals surface area contributed by atoms with E-state index < -0.39 is 24.7 Å². The number of pyridine rings is 1. The first-order valence-electron chi connectivity index (χ1n) is 6.74. The van der Waals surface area contributed by atoms with Crippen molar-refractivity contribution in [3.8, 4) is 0 Å². The minimum absolute atomic E-state index is 0.0172. The van der Waals surface area contributed by atoms with E-state index in [1.807, 2.05) is 0 Å². The molecule has 2 aromatic heterocycles. The molecule has 0 saturated carbocycles. The molecule has 0 saturated heterocycles. The molecule has 0 bridgehead atoms. The number of aldehydes is 1. The molecule has 9 heteroatoms. The van der Waals surface area contributed by atoms with Crippen molar-refractivity contribution in [1.82, 2.24) is 14.5 Å². The summed E-state index contributed by atoms with van der Waals surface area (Å²) in [5.74, 6) is -0.700. The van der Waals surface area contributed by atoms with Gasteiger partial charge in [-0.25, -0.2) is 4.52 Å². The number of carbonyl (C=O) groups is 2. The lowest BCUT2D eigenvalue weighted by molar-refractivity contribution is -0.206. The van der Waals surface area contributed by atoms with Gasteiger partial charge in [0.05, 0.1) is 23.8 Å². The van der Waals surface area contributed by atoms with Gasteiger partial charge in [-0.05, 0) is 19.1 Å². The van der Waals surface area contributed by atoms with E-state index in [2.05, 4.69) is 5.10 Å². The largest absolute Gasteiger partial charge is 0.416 e. The van der Waals surface area contributed by atoms with E-state index in [4.69, 9.17) is 5.11 Å². The Morgan fingerprint density at radius 3 is 2.78 bits per heavy atom. The molecule has 124 valence electrons. The zero-order valence-electron chi connectivity index (χ0n) is 12.1. The van der Waals surface area contributed by atoms with E-state index in [9.17, 15) is 22.8 Å². The molecular weight excluding hydrogens is 315 g/mol. The quantitative estimate of drug-likeness (QED) is 0.844. The Morgan fingerprint density at radius 1 is 1.52 bits per heavy atom. The molecule has 2 aromatic rings. The predicted molar refractivity (Wildman–Crippen MR) is 74.2 cm³/mol. The summed E-state index contributed by atoms with van der Waals surface area (Å²) in [6.45, 7) is 0.615. The molecular formula is C14H14F3N3O3. The molecule has 0 spiro atoms. The second kappa shape index (κ2) is 6.37. The van der Waals surface area contributed by atoms with Crippen LogP contribution in [0.5, 0.6) is 0 Å². The number of aromatic nitrogens is 2. The smallest absolute Gasteiger partial charge is 0.382 e. The molecule has 0 aliphatic rings. The molecule has 2 rings (SSSR count). The normalized spacial score (nSPS) is 13.1. The van der Waals surface area contributed by atoms with Crippen molar-refractivity contribution in [3.05, 3.63) is 35.7 Å². The fourth-order valence-electron chi connectivity index (χ4n) is 2.07. The first-order chi connectivity index (χ1) is 10.8. The van der Waals surface area contributed by atoms with Gasteiger partial charge in [0.2, 0.25) is 0 Å². The molecule has 1 atom stereocenters. The maximum atomic E-state index is 12.5. The maximum Gasteiger partial charge on any atom is 0.416 e. The van der Waals surface area contributed by atoms with Crippen LogP contribution in [-0.2, 0) is 0 Å². The number of nitrogens with zero attached hydrogens (tertiary/aromatic N) is 3. The number of aliphatic hydroxyl groups is 1. The van der Waals surface area contributed by atoms with Gasteiger partial charge in [-0.15, -0.1) is 0 Å². The number of fused-ring (bicyclic) bond motifs is 1. The minimum atomic E-state index is -4.81. The van der Waals surface area contributed by atoms with Crippen molar-refractivity contribution in [2.75, 3.05) is 13.1 Å². The summed E-state index contributed by atoms with van der Waals surface area (Å²) in [5, 5.41) is 13.1. The number of likely N-dealkylation sites (N-methyl/N-ethyl adjacent to an activating group) is 1. The lowest BCUT2D eigenvalue weighted by atomic mass is 10.2. The molecule has 0 aliphatic carbocycles. The van der Waals surface area contributed by atoms with Crippen LogP contribution in [0.25, 0.3) is 5.52 Å². The lowest BCUT2D eigenvalue weighted by Gasteiger charge is -2.24. The minimum Gasteiger partial charge on any atom is -0.382 e. The van der Waals surface area contributed by atoms with Crippen molar-refractivity contribution in [2.45, 2.75) is 19.2 Å². The van der Waals surface area contributed by atoms with Crippen LogP contribution in [0, 0.1) is 0 Å². The van der Waals surface area contributed by atoms with Gasteiger partial charge in [-0.2, -0.15) is 18.3 Å². The number of hydrogen-bond acceptors (Lipinski definition) is 4. The Hall–Kier alpha value is -2.42. The number of amides is 1. The molecule has 23 heavy (non-hydrogen) atoms. The van der Waals surface area contributed by atoms with Crippen molar-refractivity contribution >= 4 is 17.7 Å². The Balaban J connectivity index is 2.32. The van der Waals surface area contributed by atoms with E-state index in [0.29, 0.717) is 17.4 Å². The summed E-state index contributed by atoms with van der Waals surface area (Å²) in [7, 11) is 0. The van der Waals surface area contributed by atoms with E-state index in [1.165, 1.54) is 36.0 Å². The second-order valence-electron chi connectivity index (χ2n) is 4.87. The summed E-state index contributed by atoms with van der Waals surface area (Å²) < 4.78 is 38.7. The summed E-state index contributed by atoms with van der Waals surface area (Å²) in [6.07, 6.45) is -4.16. The molecule has 0 fully saturated rings. The Labute approximate surface area is 129 Å². The average Bonchev–Trinajstić information content (AvgIpc) is 2.93. The van der Waals surface area contributed by atoms with Gasteiger partial charge in [-0.1, -0.05) is 0 Å². The van der Waals surface area contributed by atoms with Crippen LogP contribution in [0.1, 0.15) is 27.6 Å². The highest BCUT2D eigenvalue weighted by atomic mass is 19.4. The number of carbonyl (C=O) groups excluding carboxylic acids is 2. The number of halogens is 3. The third kappa shape index (κ3) is 3.50. The van der Waals surface area contributed by atoms with Crippen LogP contribution in [0.3, 0.4) is 0 Å². The maximum absolute atomic E-state index is 12.5. The first-order valence-corrected chi connectivity index (χ1v) is 6.74. The van der Waals surface area contributed by atoms with Crippen LogP contribution in [0.15, 0.2) is 24.5 Å². The molecule has 0 aliphatic heterocycles. The fraction of sp³-hybridized carbons (Fsp3) is 0.357. The fourth-order valence-corrected chi connectivity index (χ4v) is 2.07. The zero-order chi connectivity index (χ0) is 17.2. The third-order valence-corrected chi connectivity index (χ3v) is 3.35. The van der Waals surface area contributed by atoms with Gasteiger partial charge < -0.3 is 10.0 Å². The highest BCUT2D eigenvalue weighted by molar-refractivity contribution is 6.01. The number of rotatable bonds is 5. The number of hydrogen-bond donors (Lipinski definition) is 1. The zero-order valence-corrected chi connectivity index (χ0v) is 12.1. The van der Waals surface area contributed by atoms with Gasteiger partial charge in [-0.3, -0.25) is 9.59 Å². The van der Waals surface area contributed by atoms with Gasteiger partial charge in [0, 0.05) is 18.3 Å². The standard InChI is InChI=1S/C14H14F3N3O3/c1-2-19(7-12(22)14(15,16)17)13(23)10-6-18-20-4-3-9(8-21)5-11(10)20/h3-6,8,12,22H,2,7H2,1H3/t12-/m0/s1. The number of aliphatic hydroxyl groups excluding tert-OH is 1. The van der Waals surface area contributed by atoms with Gasteiger partial charge >= 0.3 is 6.18 Å². The van der Waals surface area contributed by atoms with Crippen molar-refractivity contribution in [3.63, 3.8) is 0 Å². The van der Waals surface area contributed by atoms with E-state index >= 15 is 0 Å². The Kier molecular flexibility index (Phi) is 4.69. The van der Waals surface area contributed by atoms with Crippen LogP contribution < -0.4 is 0 Å². The number of alkyl halides is 3. The van der Waals surface area contributed by atoms with Crippen molar-refractivity contribution in [1.29, 1.82) is 0 Å². The topological polar surface area (TPSA) is 74.9 Å². The van der Waals surface area contributed by atoms with Crippen molar-refractivity contribution in [2.24, 2.45) is 0 Å².